The molecule has 4 rings (SSSR count). The first-order chi connectivity index (χ1) is 11.3. The maximum absolute atomic E-state index is 5.83. The molecule has 4 heterocycles. The largest absolute Gasteiger partial charge is 0.371 e. The molecule has 0 spiro atoms. The monoisotopic (exact) mass is 450 g/mol. The molecule has 4 aliphatic rings. The minimum absolute atomic E-state index is 0.0509. The van der Waals surface area contributed by atoms with Crippen molar-refractivity contribution in [3.05, 3.63) is 59.2 Å². The third kappa shape index (κ3) is 3.98. The van der Waals surface area contributed by atoms with Crippen molar-refractivity contribution in [1.29, 1.82) is 0 Å². The van der Waals surface area contributed by atoms with Crippen LogP contribution in [-0.4, -0.2) is 13.2 Å². The summed E-state index contributed by atoms with van der Waals surface area (Å²) in [5, 5.41) is 13.1. The van der Waals surface area contributed by atoms with Crippen LogP contribution in [-0.2, 0) is 4.74 Å². The minimum Gasteiger partial charge on any atom is -0.371 e. The lowest BCUT2D eigenvalue weighted by molar-refractivity contribution is 0.173. The molecule has 0 N–H and O–H groups in total. The van der Waals surface area contributed by atoms with Gasteiger partial charge in [-0.15, -0.1) is 0 Å². The normalized spacial score (nSPS) is 23.7. The summed E-state index contributed by atoms with van der Waals surface area (Å²) in [6, 6.07) is 0. The van der Waals surface area contributed by atoms with Crippen LogP contribution in [0.25, 0.3) is 0 Å². The highest BCUT2D eigenvalue weighted by molar-refractivity contribution is 8.34. The van der Waals surface area contributed by atoms with Crippen LogP contribution in [0.5, 0.6) is 0 Å². The van der Waals surface area contributed by atoms with Crippen molar-refractivity contribution in [3.8, 4) is 0 Å². The fraction of sp³-hybridized carbons (Fsp3) is 0.143. The molecule has 0 amide bonds. The third-order valence-electron chi connectivity index (χ3n) is 2.88. The van der Waals surface area contributed by atoms with Crippen LogP contribution in [0, 0.1) is 0 Å². The minimum atomic E-state index is 0.0509. The number of hydrogen-bond donors (Lipinski definition) is 0. The fourth-order valence-electron chi connectivity index (χ4n) is 1.92. The SMILES string of the molecule is COC(C1=CSC(=C2SC=CS2)S1)C1=CSC(=C2SC=CS2)S1. The number of methoxy groups -OCH3 is 1. The molecule has 0 unspecified atom stereocenters. The highest BCUT2D eigenvalue weighted by Gasteiger charge is 2.30. The predicted octanol–water partition coefficient (Wildman–Crippen LogP) is 7.80. The van der Waals surface area contributed by atoms with Crippen LogP contribution in [0.2, 0.25) is 0 Å². The van der Waals surface area contributed by atoms with Gasteiger partial charge < -0.3 is 4.74 Å². The van der Waals surface area contributed by atoms with Gasteiger partial charge in [0.05, 0.1) is 16.9 Å². The van der Waals surface area contributed by atoms with Gasteiger partial charge in [0.1, 0.15) is 6.10 Å². The fourth-order valence-corrected chi connectivity index (χ4v) is 11.2. The Kier molecular flexibility index (Phi) is 6.32. The van der Waals surface area contributed by atoms with Crippen molar-refractivity contribution in [2.75, 3.05) is 7.11 Å². The second-order valence-corrected chi connectivity index (χ2v) is 12.9. The standard InChI is InChI=1S/C14H10OS8/c1-15-10(8-6-20-13(22-8)11-16-2-3-17-11)9-7-21-14(23-9)12-18-4-5-19-12/h2-7,10H,1H3. The molecule has 0 saturated heterocycles. The van der Waals surface area contributed by atoms with Crippen molar-refractivity contribution in [2.24, 2.45) is 0 Å². The maximum atomic E-state index is 5.83. The highest BCUT2D eigenvalue weighted by Crippen LogP contribution is 2.58. The topological polar surface area (TPSA) is 9.23 Å². The lowest BCUT2D eigenvalue weighted by Crippen LogP contribution is -2.11. The molecule has 0 atom stereocenters. The molecular weight excluding hydrogens is 441 g/mol. The van der Waals surface area contributed by atoms with Gasteiger partial charge in [-0.3, -0.25) is 0 Å². The van der Waals surface area contributed by atoms with E-state index in [4.69, 9.17) is 4.74 Å². The van der Waals surface area contributed by atoms with E-state index in [-0.39, 0.29) is 6.10 Å². The Morgan fingerprint density at radius 3 is 1.48 bits per heavy atom. The van der Waals surface area contributed by atoms with Crippen molar-refractivity contribution in [3.63, 3.8) is 0 Å². The summed E-state index contributed by atoms with van der Waals surface area (Å²) < 4.78 is 11.4. The number of hydrogen-bond acceptors (Lipinski definition) is 9. The Balaban J connectivity index is 1.46. The zero-order valence-corrected chi connectivity index (χ0v) is 18.2. The van der Waals surface area contributed by atoms with Gasteiger partial charge in [-0.25, -0.2) is 0 Å². The molecule has 0 radical (unpaired) electrons. The Labute approximate surface area is 169 Å². The van der Waals surface area contributed by atoms with Gasteiger partial charge in [0.25, 0.3) is 0 Å². The van der Waals surface area contributed by atoms with Crippen LogP contribution in [0.15, 0.2) is 59.2 Å². The molecule has 1 nitrogen and oxygen atoms in total. The molecule has 0 bridgehead atoms. The molecule has 0 aromatic heterocycles. The van der Waals surface area contributed by atoms with E-state index in [9.17, 15) is 0 Å². The Bertz CT molecular complexity index is 622. The summed E-state index contributed by atoms with van der Waals surface area (Å²) in [5.41, 5.74) is 0. The van der Waals surface area contributed by atoms with Crippen LogP contribution >= 0.6 is 94.1 Å². The summed E-state index contributed by atoms with van der Waals surface area (Å²) in [5.74, 6) is 0. The summed E-state index contributed by atoms with van der Waals surface area (Å²) in [4.78, 5) is 2.59. The van der Waals surface area contributed by atoms with Gasteiger partial charge in [-0.1, -0.05) is 94.1 Å². The van der Waals surface area contributed by atoms with Crippen molar-refractivity contribution >= 4 is 94.1 Å². The molecule has 9 heteroatoms. The van der Waals surface area contributed by atoms with Gasteiger partial charge in [0.2, 0.25) is 0 Å². The van der Waals surface area contributed by atoms with E-state index in [0.717, 1.165) is 0 Å². The molecule has 120 valence electrons. The molecule has 0 aromatic rings. The van der Waals surface area contributed by atoms with Gasteiger partial charge in [0.15, 0.2) is 0 Å². The lowest BCUT2D eigenvalue weighted by atomic mass is 10.3. The van der Waals surface area contributed by atoms with Gasteiger partial charge >= 0.3 is 0 Å². The van der Waals surface area contributed by atoms with Crippen molar-refractivity contribution in [1.82, 2.24) is 0 Å². The van der Waals surface area contributed by atoms with E-state index < -0.39 is 0 Å². The first kappa shape index (κ1) is 17.6. The first-order valence-corrected chi connectivity index (χ1v) is 13.3. The second-order valence-electron chi connectivity index (χ2n) is 4.26. The highest BCUT2D eigenvalue weighted by atomic mass is 32.2. The zero-order valence-electron chi connectivity index (χ0n) is 11.7. The molecule has 0 fully saturated rings. The molecule has 4 aliphatic heterocycles. The predicted molar refractivity (Wildman–Crippen MR) is 120 cm³/mol. The van der Waals surface area contributed by atoms with Gasteiger partial charge in [-0.05, 0) is 32.4 Å². The van der Waals surface area contributed by atoms with Crippen molar-refractivity contribution in [2.45, 2.75) is 6.10 Å². The van der Waals surface area contributed by atoms with E-state index in [0.29, 0.717) is 0 Å². The Hall–Kier alpha value is 1.20. The summed E-state index contributed by atoms with van der Waals surface area (Å²) in [7, 11) is 1.81. The number of ether oxygens (including phenoxy) is 1. The Morgan fingerprint density at radius 1 is 0.652 bits per heavy atom. The van der Waals surface area contributed by atoms with E-state index in [1.165, 1.54) is 26.8 Å². The smallest absolute Gasteiger partial charge is 0.121 e. The molecule has 0 aliphatic carbocycles. The van der Waals surface area contributed by atoms with Gasteiger partial charge in [0, 0.05) is 16.9 Å². The quantitative estimate of drug-likeness (QED) is 0.422. The van der Waals surface area contributed by atoms with Gasteiger partial charge in [-0.2, -0.15) is 0 Å². The number of rotatable bonds is 3. The average Bonchev–Trinajstić information content (AvgIpc) is 3.33. The molecular formula is C14H10OS8. The Morgan fingerprint density at radius 2 is 1.09 bits per heavy atom. The zero-order chi connectivity index (χ0) is 15.6. The van der Waals surface area contributed by atoms with Crippen LogP contribution in [0.4, 0.5) is 0 Å². The van der Waals surface area contributed by atoms with E-state index in [1.54, 1.807) is 7.11 Å². The van der Waals surface area contributed by atoms with E-state index in [2.05, 4.69) is 32.4 Å². The average molecular weight is 451 g/mol. The van der Waals surface area contributed by atoms with Crippen LogP contribution in [0.1, 0.15) is 0 Å². The third-order valence-corrected chi connectivity index (χ3v) is 13.0. The first-order valence-electron chi connectivity index (χ1n) is 6.42. The maximum Gasteiger partial charge on any atom is 0.121 e. The summed E-state index contributed by atoms with van der Waals surface area (Å²) in [6.07, 6.45) is 0.0509. The molecule has 0 saturated carbocycles. The second kappa shape index (κ2) is 8.26. The lowest BCUT2D eigenvalue weighted by Gasteiger charge is -2.16. The van der Waals surface area contributed by atoms with Crippen LogP contribution in [0.3, 0.4) is 0 Å². The van der Waals surface area contributed by atoms with E-state index in [1.807, 2.05) is 94.1 Å². The number of thioether (sulfide) groups is 8. The van der Waals surface area contributed by atoms with Crippen molar-refractivity contribution < 1.29 is 4.74 Å². The summed E-state index contributed by atoms with van der Waals surface area (Å²) in [6.45, 7) is 0. The summed E-state index contributed by atoms with van der Waals surface area (Å²) >= 11 is 14.6. The molecule has 0 aromatic carbocycles. The van der Waals surface area contributed by atoms with Crippen LogP contribution < -0.4 is 0 Å². The molecule has 23 heavy (non-hydrogen) atoms. The van der Waals surface area contributed by atoms with E-state index >= 15 is 0 Å².